The first-order valence-electron chi connectivity index (χ1n) is 10.2. The van der Waals surface area contributed by atoms with Crippen LogP contribution in [0.1, 0.15) is 40.0 Å². The summed E-state index contributed by atoms with van der Waals surface area (Å²) < 4.78 is 5.24. The van der Waals surface area contributed by atoms with Gasteiger partial charge in [0.1, 0.15) is 5.75 Å². The van der Waals surface area contributed by atoms with Gasteiger partial charge in [-0.25, -0.2) is 0 Å². The first-order valence-corrected chi connectivity index (χ1v) is 10.2. The van der Waals surface area contributed by atoms with E-state index < -0.39 is 5.41 Å². The quantitative estimate of drug-likeness (QED) is 0.640. The number of benzene rings is 1. The highest BCUT2D eigenvalue weighted by Gasteiger charge is 2.72. The van der Waals surface area contributed by atoms with Gasteiger partial charge in [-0.2, -0.15) is 0 Å². The monoisotopic (exact) mass is 385 g/mol. The van der Waals surface area contributed by atoms with Gasteiger partial charge in [-0.3, -0.25) is 4.79 Å². The van der Waals surface area contributed by atoms with Gasteiger partial charge in [-0.1, -0.05) is 25.9 Å². The Bertz CT molecular complexity index is 796. The van der Waals surface area contributed by atoms with Gasteiger partial charge in [0.25, 0.3) is 0 Å². The van der Waals surface area contributed by atoms with Crippen molar-refractivity contribution < 1.29 is 14.7 Å². The molecule has 152 valence electrons. The zero-order valence-corrected chi connectivity index (χ0v) is 17.4. The van der Waals surface area contributed by atoms with Crippen LogP contribution in [0.5, 0.6) is 5.75 Å². The Balaban J connectivity index is 1.48. The number of methoxy groups -OCH3 is 1. The lowest BCUT2D eigenvalue weighted by molar-refractivity contribution is -0.147. The molecule has 3 fully saturated rings. The van der Waals surface area contributed by atoms with E-state index in [0.717, 1.165) is 56.2 Å². The standard InChI is InChI=1S/C22H31N3O3/c1-20(2)21(3)9-10-22(20,15-18(21)23-27)19(26)25-13-11-24(12-14-25)16-5-7-17(28-4)8-6-16/h5-8,27H,9-15H2,1-4H3/b23-18+. The van der Waals surface area contributed by atoms with Crippen molar-refractivity contribution in [3.05, 3.63) is 24.3 Å². The molecular formula is C22H31N3O3. The van der Waals surface area contributed by atoms with Crippen LogP contribution in [0, 0.1) is 16.2 Å². The van der Waals surface area contributed by atoms with E-state index in [9.17, 15) is 10.0 Å². The van der Waals surface area contributed by atoms with E-state index in [1.54, 1.807) is 7.11 Å². The van der Waals surface area contributed by atoms with Gasteiger partial charge >= 0.3 is 0 Å². The molecule has 1 aromatic rings. The number of nitrogens with zero attached hydrogens (tertiary/aromatic N) is 3. The molecule has 1 heterocycles. The minimum atomic E-state index is -0.439. The van der Waals surface area contributed by atoms with Crippen molar-refractivity contribution in [3.63, 3.8) is 0 Å². The molecule has 2 atom stereocenters. The van der Waals surface area contributed by atoms with Gasteiger partial charge in [0.15, 0.2) is 0 Å². The van der Waals surface area contributed by atoms with Crippen LogP contribution in [0.15, 0.2) is 29.4 Å². The third-order valence-electron chi connectivity index (χ3n) is 8.27. The number of carbonyl (C=O) groups excluding carboxylic acids is 1. The Labute approximate surface area is 167 Å². The van der Waals surface area contributed by atoms with E-state index in [1.165, 1.54) is 0 Å². The number of hydrogen-bond donors (Lipinski definition) is 1. The summed E-state index contributed by atoms with van der Waals surface area (Å²) in [4.78, 5) is 18.0. The van der Waals surface area contributed by atoms with Crippen LogP contribution in [0.25, 0.3) is 0 Å². The van der Waals surface area contributed by atoms with Crippen molar-refractivity contribution in [1.29, 1.82) is 0 Å². The highest BCUT2D eigenvalue weighted by Crippen LogP contribution is 2.71. The van der Waals surface area contributed by atoms with E-state index in [1.807, 2.05) is 17.0 Å². The summed E-state index contributed by atoms with van der Waals surface area (Å²) in [6.07, 6.45) is 2.38. The van der Waals surface area contributed by atoms with Crippen LogP contribution in [-0.2, 0) is 4.79 Å². The van der Waals surface area contributed by atoms with E-state index in [4.69, 9.17) is 4.74 Å². The zero-order valence-electron chi connectivity index (χ0n) is 17.4. The maximum absolute atomic E-state index is 13.7. The number of ether oxygens (including phenoxy) is 1. The van der Waals surface area contributed by atoms with Crippen LogP contribution in [0.4, 0.5) is 5.69 Å². The lowest BCUT2D eigenvalue weighted by Gasteiger charge is -2.44. The molecule has 28 heavy (non-hydrogen) atoms. The van der Waals surface area contributed by atoms with E-state index in [-0.39, 0.29) is 16.7 Å². The Morgan fingerprint density at radius 2 is 1.71 bits per heavy atom. The van der Waals surface area contributed by atoms with Crippen LogP contribution in [0.2, 0.25) is 0 Å². The fourth-order valence-corrected chi connectivity index (χ4v) is 5.77. The van der Waals surface area contributed by atoms with E-state index in [0.29, 0.717) is 6.42 Å². The van der Waals surface area contributed by atoms with Crippen molar-refractivity contribution in [2.45, 2.75) is 40.0 Å². The normalized spacial score (nSPS) is 32.8. The average Bonchev–Trinajstić information content (AvgIpc) is 3.03. The van der Waals surface area contributed by atoms with Crippen molar-refractivity contribution in [2.24, 2.45) is 21.4 Å². The highest BCUT2D eigenvalue weighted by molar-refractivity contribution is 6.02. The molecule has 2 aliphatic carbocycles. The van der Waals surface area contributed by atoms with Crippen molar-refractivity contribution >= 4 is 17.3 Å². The second kappa shape index (κ2) is 6.39. The molecule has 1 aromatic carbocycles. The van der Waals surface area contributed by atoms with Crippen LogP contribution < -0.4 is 9.64 Å². The molecule has 2 bridgehead atoms. The number of anilines is 1. The molecule has 6 heteroatoms. The Hall–Kier alpha value is -2.24. The molecule has 3 aliphatic rings. The summed E-state index contributed by atoms with van der Waals surface area (Å²) in [7, 11) is 1.67. The maximum atomic E-state index is 13.7. The minimum Gasteiger partial charge on any atom is -0.497 e. The first-order chi connectivity index (χ1) is 13.3. The topological polar surface area (TPSA) is 65.4 Å². The third kappa shape index (κ3) is 2.39. The second-order valence-electron chi connectivity index (χ2n) is 9.24. The van der Waals surface area contributed by atoms with E-state index in [2.05, 4.69) is 43.0 Å². The number of amides is 1. The maximum Gasteiger partial charge on any atom is 0.229 e. The summed E-state index contributed by atoms with van der Waals surface area (Å²) in [6, 6.07) is 8.09. The molecule has 0 spiro atoms. The van der Waals surface area contributed by atoms with Crippen molar-refractivity contribution in [2.75, 3.05) is 38.2 Å². The van der Waals surface area contributed by atoms with Gasteiger partial charge < -0.3 is 19.7 Å². The number of piperazine rings is 1. The summed E-state index contributed by atoms with van der Waals surface area (Å²) in [5, 5.41) is 13.1. The van der Waals surface area contributed by atoms with Crippen LogP contribution in [-0.4, -0.2) is 55.0 Å². The average molecular weight is 386 g/mol. The van der Waals surface area contributed by atoms with Gasteiger partial charge in [-0.15, -0.1) is 0 Å². The predicted molar refractivity (Wildman–Crippen MR) is 109 cm³/mol. The Morgan fingerprint density at radius 3 is 2.25 bits per heavy atom. The van der Waals surface area contributed by atoms with Crippen LogP contribution in [0.3, 0.4) is 0 Å². The number of hydrogen-bond acceptors (Lipinski definition) is 5. The summed E-state index contributed by atoms with van der Waals surface area (Å²) >= 11 is 0. The Kier molecular flexibility index (Phi) is 4.36. The minimum absolute atomic E-state index is 0.192. The largest absolute Gasteiger partial charge is 0.497 e. The third-order valence-corrected chi connectivity index (χ3v) is 8.27. The molecule has 1 amide bonds. The SMILES string of the molecule is COc1ccc(N2CCN(C(=O)C34CCC(C)(/C(=N/O)C3)C4(C)C)CC2)cc1. The zero-order chi connectivity index (χ0) is 20.2. The van der Waals surface area contributed by atoms with Gasteiger partial charge in [0.05, 0.1) is 18.2 Å². The summed E-state index contributed by atoms with van der Waals surface area (Å²) in [6.45, 7) is 9.63. The molecular weight excluding hydrogens is 354 g/mol. The fourth-order valence-electron chi connectivity index (χ4n) is 5.77. The first kappa shape index (κ1) is 19.1. The molecule has 1 aliphatic heterocycles. The predicted octanol–water partition coefficient (Wildman–Crippen LogP) is 3.39. The molecule has 6 nitrogen and oxygen atoms in total. The second-order valence-corrected chi connectivity index (χ2v) is 9.24. The Morgan fingerprint density at radius 1 is 1.07 bits per heavy atom. The van der Waals surface area contributed by atoms with Gasteiger partial charge in [0.2, 0.25) is 5.91 Å². The molecule has 1 saturated heterocycles. The smallest absolute Gasteiger partial charge is 0.229 e. The van der Waals surface area contributed by atoms with Crippen molar-refractivity contribution in [1.82, 2.24) is 4.90 Å². The molecule has 2 unspecified atom stereocenters. The number of rotatable bonds is 3. The van der Waals surface area contributed by atoms with Gasteiger partial charge in [0, 0.05) is 43.7 Å². The fraction of sp³-hybridized carbons (Fsp3) is 0.636. The van der Waals surface area contributed by atoms with Crippen LogP contribution >= 0.6 is 0 Å². The number of fused-ring (bicyclic) bond motifs is 2. The highest BCUT2D eigenvalue weighted by atomic mass is 16.5. The molecule has 1 N–H and O–H groups in total. The molecule has 4 rings (SSSR count). The van der Waals surface area contributed by atoms with Crippen molar-refractivity contribution in [3.8, 4) is 5.75 Å². The molecule has 0 radical (unpaired) electrons. The molecule has 2 saturated carbocycles. The number of oxime groups is 1. The lowest BCUT2D eigenvalue weighted by atomic mass is 9.64. The van der Waals surface area contributed by atoms with Gasteiger partial charge in [-0.05, 0) is 42.5 Å². The molecule has 0 aromatic heterocycles. The lowest BCUT2D eigenvalue weighted by Crippen LogP contribution is -2.55. The summed E-state index contributed by atoms with van der Waals surface area (Å²) in [5.74, 6) is 1.10. The summed E-state index contributed by atoms with van der Waals surface area (Å²) in [5.41, 5.74) is 1.13. The van der Waals surface area contributed by atoms with E-state index >= 15 is 0 Å². The number of carbonyl (C=O) groups is 1.